The second-order valence-corrected chi connectivity index (χ2v) is 5.83. The highest BCUT2D eigenvalue weighted by Crippen LogP contribution is 2.21. The molecule has 0 bridgehead atoms. The molecule has 1 fully saturated rings. The highest BCUT2D eigenvalue weighted by molar-refractivity contribution is 14.1. The van der Waals surface area contributed by atoms with Crippen LogP contribution < -0.4 is 10.6 Å². The highest BCUT2D eigenvalue weighted by Gasteiger charge is 2.29. The van der Waals surface area contributed by atoms with Gasteiger partial charge in [0.05, 0.1) is 5.92 Å². The van der Waals surface area contributed by atoms with Gasteiger partial charge in [0.1, 0.15) is 0 Å². The molecule has 2 rings (SSSR count). The van der Waals surface area contributed by atoms with Crippen LogP contribution in [0, 0.1) is 16.4 Å². The van der Waals surface area contributed by atoms with E-state index in [4.69, 9.17) is 0 Å². The van der Waals surface area contributed by atoms with Crippen LogP contribution in [0.3, 0.4) is 0 Å². The van der Waals surface area contributed by atoms with Crippen LogP contribution in [0.15, 0.2) is 18.2 Å². The Balaban J connectivity index is 2.10. The van der Waals surface area contributed by atoms with E-state index in [0.717, 1.165) is 27.8 Å². The van der Waals surface area contributed by atoms with Gasteiger partial charge in [0.2, 0.25) is 5.91 Å². The number of amides is 1. The smallest absolute Gasteiger partial charge is 0.229 e. The number of hydrogen-bond acceptors (Lipinski definition) is 2. The van der Waals surface area contributed by atoms with Crippen molar-refractivity contribution in [2.75, 3.05) is 11.9 Å². The van der Waals surface area contributed by atoms with Crippen LogP contribution in [-0.4, -0.2) is 18.5 Å². The first-order valence-electron chi connectivity index (χ1n) is 5.88. The maximum atomic E-state index is 12.1. The molecule has 0 radical (unpaired) electrons. The summed E-state index contributed by atoms with van der Waals surface area (Å²) in [5.41, 5.74) is 2.04. The van der Waals surface area contributed by atoms with Crippen LogP contribution in [0.1, 0.15) is 18.9 Å². The lowest BCUT2D eigenvalue weighted by Crippen LogP contribution is -2.32. The van der Waals surface area contributed by atoms with Crippen molar-refractivity contribution >= 4 is 34.2 Å². The number of aryl methyl sites for hydroxylation is 1. The molecular formula is C13H17IN2O. The number of nitrogens with one attached hydrogen (secondary N) is 2. The van der Waals surface area contributed by atoms with Gasteiger partial charge in [-0.15, -0.1) is 0 Å². The van der Waals surface area contributed by atoms with Crippen LogP contribution in [0.2, 0.25) is 0 Å². The summed E-state index contributed by atoms with van der Waals surface area (Å²) in [7, 11) is 0. The van der Waals surface area contributed by atoms with Crippen molar-refractivity contribution in [3.05, 3.63) is 27.3 Å². The largest absolute Gasteiger partial charge is 0.326 e. The minimum absolute atomic E-state index is 0.0901. The molecule has 1 aromatic rings. The fourth-order valence-corrected chi connectivity index (χ4v) is 2.66. The van der Waals surface area contributed by atoms with E-state index in [-0.39, 0.29) is 17.9 Å². The topological polar surface area (TPSA) is 41.1 Å². The molecule has 1 saturated heterocycles. The Labute approximate surface area is 116 Å². The predicted molar refractivity (Wildman–Crippen MR) is 78.1 cm³/mol. The second kappa shape index (κ2) is 5.35. The summed E-state index contributed by atoms with van der Waals surface area (Å²) in [6.45, 7) is 5.02. The first-order valence-corrected chi connectivity index (χ1v) is 6.96. The standard InChI is InChI=1S/C13H17IN2O/c1-8-3-4-10(14)7-12(8)16-13(17)11-5-6-15-9(11)2/h3-4,7,9,11,15H,5-6H2,1-2H3,(H,16,17). The number of carbonyl (C=O) groups excluding carboxylic acids is 1. The maximum Gasteiger partial charge on any atom is 0.229 e. The minimum atomic E-state index is 0.0901. The van der Waals surface area contributed by atoms with Crippen molar-refractivity contribution < 1.29 is 4.79 Å². The average molecular weight is 344 g/mol. The van der Waals surface area contributed by atoms with E-state index in [1.807, 2.05) is 25.1 Å². The Kier molecular flexibility index (Phi) is 4.04. The summed E-state index contributed by atoms with van der Waals surface area (Å²) in [6.07, 6.45) is 0.927. The van der Waals surface area contributed by atoms with Gasteiger partial charge in [-0.05, 0) is 67.1 Å². The number of hydrogen-bond donors (Lipinski definition) is 2. The summed E-state index contributed by atoms with van der Waals surface area (Å²) in [5.74, 6) is 0.222. The van der Waals surface area contributed by atoms with Crippen LogP contribution in [0.4, 0.5) is 5.69 Å². The summed E-state index contributed by atoms with van der Waals surface area (Å²) >= 11 is 2.26. The van der Waals surface area contributed by atoms with E-state index in [1.54, 1.807) is 0 Å². The van der Waals surface area contributed by atoms with Crippen LogP contribution in [-0.2, 0) is 4.79 Å². The van der Waals surface area contributed by atoms with Gasteiger partial charge >= 0.3 is 0 Å². The average Bonchev–Trinajstić information content (AvgIpc) is 2.70. The lowest BCUT2D eigenvalue weighted by Gasteiger charge is -2.16. The molecule has 1 aliphatic heterocycles. The van der Waals surface area contributed by atoms with Crippen molar-refractivity contribution in [1.82, 2.24) is 5.32 Å². The Hall–Kier alpha value is -0.620. The van der Waals surface area contributed by atoms with Gasteiger partial charge in [0.15, 0.2) is 0 Å². The van der Waals surface area contributed by atoms with Crippen molar-refractivity contribution in [3.8, 4) is 0 Å². The van der Waals surface area contributed by atoms with Crippen LogP contribution >= 0.6 is 22.6 Å². The molecular weight excluding hydrogens is 327 g/mol. The second-order valence-electron chi connectivity index (χ2n) is 4.59. The van der Waals surface area contributed by atoms with Gasteiger partial charge in [-0.1, -0.05) is 6.07 Å². The molecule has 2 unspecified atom stereocenters. The van der Waals surface area contributed by atoms with Crippen molar-refractivity contribution in [1.29, 1.82) is 0 Å². The highest BCUT2D eigenvalue weighted by atomic mass is 127. The quantitative estimate of drug-likeness (QED) is 0.810. The van der Waals surface area contributed by atoms with Gasteiger partial charge in [0.25, 0.3) is 0 Å². The summed E-state index contributed by atoms with van der Waals surface area (Å²) in [6, 6.07) is 6.37. The predicted octanol–water partition coefficient (Wildman–Crippen LogP) is 2.54. The van der Waals surface area contributed by atoms with Gasteiger partial charge in [-0.25, -0.2) is 0 Å². The van der Waals surface area contributed by atoms with E-state index >= 15 is 0 Å². The van der Waals surface area contributed by atoms with E-state index < -0.39 is 0 Å². The molecule has 0 aliphatic carbocycles. The minimum Gasteiger partial charge on any atom is -0.326 e. The van der Waals surface area contributed by atoms with Gasteiger partial charge in [-0.3, -0.25) is 4.79 Å². The molecule has 17 heavy (non-hydrogen) atoms. The fraction of sp³-hybridized carbons (Fsp3) is 0.462. The molecule has 3 nitrogen and oxygen atoms in total. The van der Waals surface area contributed by atoms with Gasteiger partial charge < -0.3 is 10.6 Å². The van der Waals surface area contributed by atoms with Crippen LogP contribution in [0.5, 0.6) is 0 Å². The number of anilines is 1. The maximum absolute atomic E-state index is 12.1. The van der Waals surface area contributed by atoms with Gasteiger partial charge in [0, 0.05) is 15.3 Å². The molecule has 2 N–H and O–H groups in total. The first kappa shape index (κ1) is 12.8. The van der Waals surface area contributed by atoms with Crippen molar-refractivity contribution in [2.45, 2.75) is 26.3 Å². The third-order valence-electron chi connectivity index (χ3n) is 3.32. The molecule has 0 spiro atoms. The molecule has 1 aliphatic rings. The molecule has 0 saturated carbocycles. The fourth-order valence-electron chi connectivity index (χ4n) is 2.17. The Morgan fingerprint density at radius 2 is 2.29 bits per heavy atom. The third kappa shape index (κ3) is 2.98. The molecule has 4 heteroatoms. The zero-order chi connectivity index (χ0) is 12.4. The zero-order valence-corrected chi connectivity index (χ0v) is 12.2. The first-order chi connectivity index (χ1) is 8.08. The van der Waals surface area contributed by atoms with Crippen molar-refractivity contribution in [2.24, 2.45) is 5.92 Å². The molecule has 1 aromatic carbocycles. The number of halogens is 1. The Morgan fingerprint density at radius 1 is 1.53 bits per heavy atom. The normalized spacial score (nSPS) is 23.7. The van der Waals surface area contributed by atoms with Crippen molar-refractivity contribution in [3.63, 3.8) is 0 Å². The summed E-state index contributed by atoms with van der Waals surface area (Å²) < 4.78 is 1.14. The molecule has 2 atom stereocenters. The van der Waals surface area contributed by atoms with E-state index in [1.165, 1.54) is 0 Å². The van der Waals surface area contributed by atoms with Gasteiger partial charge in [-0.2, -0.15) is 0 Å². The summed E-state index contributed by atoms with van der Waals surface area (Å²) in [5, 5.41) is 6.34. The third-order valence-corrected chi connectivity index (χ3v) is 3.99. The summed E-state index contributed by atoms with van der Waals surface area (Å²) in [4.78, 5) is 12.1. The SMILES string of the molecule is Cc1ccc(I)cc1NC(=O)C1CCNC1C. The number of benzene rings is 1. The molecule has 1 heterocycles. The Bertz CT molecular complexity index is 433. The lowest BCUT2D eigenvalue weighted by molar-refractivity contribution is -0.120. The Morgan fingerprint density at radius 3 is 2.94 bits per heavy atom. The molecule has 0 aromatic heterocycles. The molecule has 1 amide bonds. The lowest BCUT2D eigenvalue weighted by atomic mass is 10.0. The molecule has 92 valence electrons. The van der Waals surface area contributed by atoms with E-state index in [9.17, 15) is 4.79 Å². The van der Waals surface area contributed by atoms with Crippen LogP contribution in [0.25, 0.3) is 0 Å². The zero-order valence-electron chi connectivity index (χ0n) is 10.1. The number of rotatable bonds is 2. The van der Waals surface area contributed by atoms with E-state index in [0.29, 0.717) is 0 Å². The monoisotopic (exact) mass is 344 g/mol. The van der Waals surface area contributed by atoms with E-state index in [2.05, 4.69) is 40.1 Å². The number of carbonyl (C=O) groups is 1.